The number of ether oxygens (including phenoxy) is 1. The number of rotatable bonds is 6. The molecule has 1 saturated carbocycles. The van der Waals surface area contributed by atoms with E-state index in [1.807, 2.05) is 0 Å². The Bertz CT molecular complexity index is 337. The zero-order valence-electron chi connectivity index (χ0n) is 16.1. The Labute approximate surface area is 143 Å². The summed E-state index contributed by atoms with van der Waals surface area (Å²) in [6, 6.07) is 1.35. The van der Waals surface area contributed by atoms with Crippen molar-refractivity contribution < 1.29 is 14.7 Å². The molecule has 1 aliphatic heterocycles. The van der Waals surface area contributed by atoms with Crippen LogP contribution in [0.3, 0.4) is 0 Å². The minimum atomic E-state index is -0.321. The molecule has 1 heterocycles. The normalized spacial score (nSPS) is 38.0. The summed E-state index contributed by atoms with van der Waals surface area (Å²) in [5.41, 5.74) is 0. The molecule has 0 radical (unpaired) electrons. The predicted molar refractivity (Wildman–Crippen MR) is 95.7 cm³/mol. The van der Waals surface area contributed by atoms with Crippen LogP contribution in [0.1, 0.15) is 73.1 Å². The minimum absolute atomic E-state index is 0.321. The van der Waals surface area contributed by atoms with E-state index in [1.165, 1.54) is 38.5 Å². The van der Waals surface area contributed by atoms with Gasteiger partial charge in [0.25, 0.3) is 0 Å². The molecule has 6 atom stereocenters. The first-order valence-electron chi connectivity index (χ1n) is 10.0. The quantitative estimate of drug-likeness (QED) is 0.787. The van der Waals surface area contributed by atoms with E-state index in [0.29, 0.717) is 36.6 Å². The zero-order valence-corrected chi connectivity index (χ0v) is 16.1. The molecule has 1 aliphatic carbocycles. The summed E-state index contributed by atoms with van der Waals surface area (Å²) in [7, 11) is 0. The molecule has 0 bridgehead atoms. The van der Waals surface area contributed by atoms with E-state index in [0.717, 1.165) is 12.5 Å². The average Bonchev–Trinajstić information content (AvgIpc) is 2.49. The van der Waals surface area contributed by atoms with Gasteiger partial charge in [0.1, 0.15) is 12.6 Å². The molecule has 2 aliphatic rings. The molecular formula is C20H40NO2+. The van der Waals surface area contributed by atoms with Crippen molar-refractivity contribution in [3.05, 3.63) is 0 Å². The standard InChI is InChI=1S/C20H39NO2/c1-14(2)19-10-9-15(3)11-20(19)23-13-18(22)12-21-16(4)7-6-8-17(21)5/h14-20,22H,6-13H2,1-5H3/p+1/t15-,16-,17-,18-,19+,20-/m1/s1. The van der Waals surface area contributed by atoms with Gasteiger partial charge in [-0.25, -0.2) is 0 Å². The summed E-state index contributed by atoms with van der Waals surface area (Å²) in [5, 5.41) is 10.5. The average molecular weight is 327 g/mol. The molecule has 23 heavy (non-hydrogen) atoms. The van der Waals surface area contributed by atoms with Crippen molar-refractivity contribution >= 4 is 0 Å². The van der Waals surface area contributed by atoms with Crippen molar-refractivity contribution in [1.82, 2.24) is 0 Å². The highest BCUT2D eigenvalue weighted by Gasteiger charge is 2.33. The fourth-order valence-corrected chi connectivity index (χ4v) is 4.86. The van der Waals surface area contributed by atoms with Crippen LogP contribution in [0.5, 0.6) is 0 Å². The van der Waals surface area contributed by atoms with Gasteiger partial charge in [0.15, 0.2) is 0 Å². The Balaban J connectivity index is 1.81. The monoisotopic (exact) mass is 326 g/mol. The number of hydrogen-bond acceptors (Lipinski definition) is 2. The molecule has 2 N–H and O–H groups in total. The molecule has 0 spiro atoms. The summed E-state index contributed by atoms with van der Waals surface area (Å²) >= 11 is 0. The molecule has 2 rings (SSSR count). The number of aliphatic hydroxyl groups is 1. The summed E-state index contributed by atoms with van der Waals surface area (Å²) in [4.78, 5) is 1.57. The van der Waals surface area contributed by atoms with Crippen LogP contribution in [-0.4, -0.2) is 42.5 Å². The van der Waals surface area contributed by atoms with Crippen molar-refractivity contribution in [2.75, 3.05) is 13.2 Å². The van der Waals surface area contributed by atoms with Crippen LogP contribution in [0.4, 0.5) is 0 Å². The predicted octanol–water partition coefficient (Wildman–Crippen LogP) is 2.67. The van der Waals surface area contributed by atoms with Gasteiger partial charge in [0.2, 0.25) is 0 Å². The summed E-state index contributed by atoms with van der Waals surface area (Å²) in [6.45, 7) is 13.0. The number of quaternary nitrogens is 1. The number of hydrogen-bond donors (Lipinski definition) is 2. The summed E-state index contributed by atoms with van der Waals surface area (Å²) in [6.07, 6.45) is 7.74. The van der Waals surface area contributed by atoms with Gasteiger partial charge >= 0.3 is 0 Å². The van der Waals surface area contributed by atoms with Gasteiger partial charge < -0.3 is 14.7 Å². The molecule has 0 aromatic heterocycles. The van der Waals surface area contributed by atoms with E-state index in [2.05, 4.69) is 34.6 Å². The van der Waals surface area contributed by atoms with E-state index < -0.39 is 0 Å². The molecule has 0 amide bonds. The summed E-state index contributed by atoms with van der Waals surface area (Å²) in [5.74, 6) is 2.11. The highest BCUT2D eigenvalue weighted by atomic mass is 16.5. The molecule has 136 valence electrons. The molecule has 0 unspecified atom stereocenters. The van der Waals surface area contributed by atoms with Crippen molar-refractivity contribution in [1.29, 1.82) is 0 Å². The molecule has 2 fully saturated rings. The van der Waals surface area contributed by atoms with E-state index in [1.54, 1.807) is 4.90 Å². The fraction of sp³-hybridized carbons (Fsp3) is 1.00. The number of aliphatic hydroxyl groups excluding tert-OH is 1. The zero-order chi connectivity index (χ0) is 17.0. The maximum absolute atomic E-state index is 10.5. The van der Waals surface area contributed by atoms with E-state index in [4.69, 9.17) is 4.74 Å². The van der Waals surface area contributed by atoms with Crippen LogP contribution >= 0.6 is 0 Å². The first-order chi connectivity index (χ1) is 10.9. The van der Waals surface area contributed by atoms with E-state index in [-0.39, 0.29) is 6.10 Å². The van der Waals surface area contributed by atoms with Crippen LogP contribution in [0.15, 0.2) is 0 Å². The van der Waals surface area contributed by atoms with Crippen molar-refractivity contribution in [3.63, 3.8) is 0 Å². The van der Waals surface area contributed by atoms with Crippen LogP contribution in [0, 0.1) is 17.8 Å². The van der Waals surface area contributed by atoms with Crippen LogP contribution in [0.25, 0.3) is 0 Å². The van der Waals surface area contributed by atoms with Gasteiger partial charge in [0.05, 0.1) is 24.8 Å². The third kappa shape index (κ3) is 5.44. The van der Waals surface area contributed by atoms with Gasteiger partial charge in [-0.1, -0.05) is 27.2 Å². The maximum Gasteiger partial charge on any atom is 0.126 e. The first-order valence-corrected chi connectivity index (χ1v) is 10.0. The van der Waals surface area contributed by atoms with Gasteiger partial charge in [-0.3, -0.25) is 0 Å². The molecule has 0 aromatic carbocycles. The van der Waals surface area contributed by atoms with E-state index in [9.17, 15) is 5.11 Å². The smallest absolute Gasteiger partial charge is 0.126 e. The Kier molecular flexibility index (Phi) is 7.37. The lowest BCUT2D eigenvalue weighted by Gasteiger charge is -2.39. The second-order valence-corrected chi connectivity index (χ2v) is 8.86. The molecule has 3 heteroatoms. The van der Waals surface area contributed by atoms with Gasteiger partial charge in [-0.05, 0) is 63.7 Å². The fourth-order valence-electron chi connectivity index (χ4n) is 4.86. The molecular weight excluding hydrogens is 286 g/mol. The Morgan fingerprint density at radius 2 is 1.70 bits per heavy atom. The van der Waals surface area contributed by atoms with Crippen molar-refractivity contribution in [2.24, 2.45) is 17.8 Å². The van der Waals surface area contributed by atoms with Gasteiger partial charge in [0, 0.05) is 0 Å². The van der Waals surface area contributed by atoms with Crippen LogP contribution < -0.4 is 4.90 Å². The van der Waals surface area contributed by atoms with Crippen molar-refractivity contribution in [3.8, 4) is 0 Å². The number of piperidine rings is 1. The lowest BCUT2D eigenvalue weighted by molar-refractivity contribution is -0.954. The third-order valence-corrected chi connectivity index (χ3v) is 6.48. The Morgan fingerprint density at radius 1 is 1.04 bits per heavy atom. The topological polar surface area (TPSA) is 33.9 Å². The lowest BCUT2D eigenvalue weighted by Crippen LogP contribution is -3.20. The Hall–Kier alpha value is -0.120. The van der Waals surface area contributed by atoms with Gasteiger partial charge in [-0.2, -0.15) is 0 Å². The molecule has 0 aromatic rings. The number of likely N-dealkylation sites (tertiary alicyclic amines) is 1. The second-order valence-electron chi connectivity index (χ2n) is 8.86. The second kappa shape index (κ2) is 8.82. The Morgan fingerprint density at radius 3 is 2.30 bits per heavy atom. The van der Waals surface area contributed by atoms with Crippen LogP contribution in [0.2, 0.25) is 0 Å². The van der Waals surface area contributed by atoms with E-state index >= 15 is 0 Å². The molecule has 1 saturated heterocycles. The minimum Gasteiger partial charge on any atom is -0.385 e. The molecule has 3 nitrogen and oxygen atoms in total. The third-order valence-electron chi connectivity index (χ3n) is 6.48. The van der Waals surface area contributed by atoms with Gasteiger partial charge in [-0.15, -0.1) is 0 Å². The highest BCUT2D eigenvalue weighted by molar-refractivity contribution is 4.81. The first kappa shape index (κ1) is 19.2. The largest absolute Gasteiger partial charge is 0.385 e. The number of nitrogens with one attached hydrogen (secondary N) is 1. The maximum atomic E-state index is 10.5. The lowest BCUT2D eigenvalue weighted by atomic mass is 9.75. The SMILES string of the molecule is CC(C)[C@@H]1CC[C@@H](C)C[C@H]1OC[C@H](O)C[NH+]1[C@H](C)CCC[C@H]1C. The van der Waals surface area contributed by atoms with Crippen molar-refractivity contribution in [2.45, 2.75) is 97.4 Å². The summed E-state index contributed by atoms with van der Waals surface area (Å²) < 4.78 is 6.24. The highest BCUT2D eigenvalue weighted by Crippen LogP contribution is 2.35. The van der Waals surface area contributed by atoms with Crippen LogP contribution in [-0.2, 0) is 4.74 Å².